The van der Waals surface area contributed by atoms with E-state index in [1.165, 1.54) is 23.1 Å². The van der Waals surface area contributed by atoms with Gasteiger partial charge in [-0.2, -0.15) is 0 Å². The van der Waals surface area contributed by atoms with E-state index < -0.39 is 6.04 Å². The molecule has 0 spiro atoms. The molecule has 1 aliphatic rings. The molecular weight excluding hydrogens is 546 g/mol. The SMILES string of the molecule is CCOC(=O)c1c(NC(=O)CSc2nnc([C@H](C)NC(=O)c3ccc(Cl)cc3)n2CC)sc2c1CCCC2. The van der Waals surface area contributed by atoms with Gasteiger partial charge in [0, 0.05) is 22.0 Å². The van der Waals surface area contributed by atoms with E-state index in [4.69, 9.17) is 16.3 Å². The fraction of sp³-hybridized carbons (Fsp3) is 0.423. The maximum atomic E-state index is 12.9. The number of carbonyl (C=O) groups excluding carboxylic acids is 3. The fourth-order valence-corrected chi connectivity index (χ4v) is 6.57. The van der Waals surface area contributed by atoms with Crippen LogP contribution < -0.4 is 10.6 Å². The van der Waals surface area contributed by atoms with Crippen molar-refractivity contribution in [1.82, 2.24) is 20.1 Å². The molecule has 202 valence electrons. The van der Waals surface area contributed by atoms with Crippen LogP contribution in [0.3, 0.4) is 0 Å². The maximum absolute atomic E-state index is 12.9. The van der Waals surface area contributed by atoms with E-state index in [0.29, 0.717) is 38.7 Å². The lowest BCUT2D eigenvalue weighted by atomic mass is 9.95. The Hall–Kier alpha value is -2.89. The Morgan fingerprint density at radius 1 is 1.16 bits per heavy atom. The Kier molecular flexibility index (Phi) is 9.45. The summed E-state index contributed by atoms with van der Waals surface area (Å²) in [4.78, 5) is 39.3. The minimum Gasteiger partial charge on any atom is -0.462 e. The summed E-state index contributed by atoms with van der Waals surface area (Å²) >= 11 is 8.63. The van der Waals surface area contributed by atoms with Crippen molar-refractivity contribution in [3.05, 3.63) is 56.7 Å². The summed E-state index contributed by atoms with van der Waals surface area (Å²) in [6, 6.07) is 6.24. The van der Waals surface area contributed by atoms with Crippen molar-refractivity contribution < 1.29 is 19.1 Å². The summed E-state index contributed by atoms with van der Waals surface area (Å²) in [6.45, 7) is 6.40. The van der Waals surface area contributed by atoms with Gasteiger partial charge in [-0.15, -0.1) is 21.5 Å². The normalized spacial score (nSPS) is 13.5. The van der Waals surface area contributed by atoms with Crippen LogP contribution in [-0.2, 0) is 28.9 Å². The number of nitrogens with zero attached hydrogens (tertiary/aromatic N) is 3. The smallest absolute Gasteiger partial charge is 0.341 e. The molecule has 1 atom stereocenters. The number of aryl methyl sites for hydroxylation is 1. The zero-order valence-corrected chi connectivity index (χ0v) is 23.9. The van der Waals surface area contributed by atoms with E-state index in [0.717, 1.165) is 36.1 Å². The van der Waals surface area contributed by atoms with Crippen LogP contribution in [0.25, 0.3) is 0 Å². The first-order chi connectivity index (χ1) is 18.3. The summed E-state index contributed by atoms with van der Waals surface area (Å²) < 4.78 is 7.15. The predicted molar refractivity (Wildman–Crippen MR) is 149 cm³/mol. The molecule has 0 radical (unpaired) electrons. The summed E-state index contributed by atoms with van der Waals surface area (Å²) in [5.74, 6) is -0.193. The number of rotatable bonds is 10. The molecule has 1 aliphatic carbocycles. The monoisotopic (exact) mass is 575 g/mol. The molecule has 0 bridgehead atoms. The van der Waals surface area contributed by atoms with Crippen LogP contribution in [-0.4, -0.2) is 44.9 Å². The van der Waals surface area contributed by atoms with E-state index in [1.807, 2.05) is 18.4 Å². The molecule has 2 N–H and O–H groups in total. The first-order valence-electron chi connectivity index (χ1n) is 12.6. The lowest BCUT2D eigenvalue weighted by Crippen LogP contribution is -2.28. The molecule has 3 aromatic rings. The van der Waals surface area contributed by atoms with Crippen molar-refractivity contribution in [2.45, 2.75) is 64.2 Å². The van der Waals surface area contributed by atoms with Crippen LogP contribution in [0.5, 0.6) is 0 Å². The second-order valence-corrected chi connectivity index (χ2v) is 11.2. The molecule has 0 aliphatic heterocycles. The third-order valence-electron chi connectivity index (χ3n) is 6.14. The number of amides is 2. The third kappa shape index (κ3) is 6.39. The van der Waals surface area contributed by atoms with Crippen LogP contribution >= 0.6 is 34.7 Å². The van der Waals surface area contributed by atoms with Gasteiger partial charge in [0.1, 0.15) is 5.00 Å². The van der Waals surface area contributed by atoms with Gasteiger partial charge in [-0.1, -0.05) is 23.4 Å². The minimum absolute atomic E-state index is 0.0917. The molecule has 12 heteroatoms. The Morgan fingerprint density at radius 3 is 2.61 bits per heavy atom. The molecule has 0 fully saturated rings. The summed E-state index contributed by atoms with van der Waals surface area (Å²) in [5, 5.41) is 16.1. The van der Waals surface area contributed by atoms with Crippen LogP contribution in [0.2, 0.25) is 5.02 Å². The third-order valence-corrected chi connectivity index (χ3v) is 8.57. The number of fused-ring (bicyclic) bond motifs is 1. The molecule has 0 saturated carbocycles. The predicted octanol–water partition coefficient (Wildman–Crippen LogP) is 5.29. The molecular formula is C26H30ClN5O4S2. The van der Waals surface area contributed by atoms with Crippen molar-refractivity contribution in [2.75, 3.05) is 17.7 Å². The Morgan fingerprint density at radius 2 is 1.89 bits per heavy atom. The van der Waals surface area contributed by atoms with Gasteiger partial charge in [0.2, 0.25) is 5.91 Å². The van der Waals surface area contributed by atoms with Crippen molar-refractivity contribution in [3.63, 3.8) is 0 Å². The first kappa shape index (κ1) is 28.1. The summed E-state index contributed by atoms with van der Waals surface area (Å²) in [6.07, 6.45) is 3.82. The van der Waals surface area contributed by atoms with Crippen molar-refractivity contribution in [3.8, 4) is 0 Å². The van der Waals surface area contributed by atoms with Crippen molar-refractivity contribution >= 4 is 57.5 Å². The molecule has 2 heterocycles. The number of thioether (sulfide) groups is 1. The van der Waals surface area contributed by atoms with E-state index in [-0.39, 0.29) is 30.1 Å². The topological polar surface area (TPSA) is 115 Å². The highest BCUT2D eigenvalue weighted by Crippen LogP contribution is 2.38. The number of aromatic nitrogens is 3. The molecule has 4 rings (SSSR count). The summed E-state index contributed by atoms with van der Waals surface area (Å²) in [5.41, 5.74) is 1.99. The second-order valence-electron chi connectivity index (χ2n) is 8.76. The van der Waals surface area contributed by atoms with Crippen LogP contribution in [0.15, 0.2) is 29.4 Å². The standard InChI is InChI=1S/C26H30ClN5O4S2/c1-4-32-22(15(3)28-23(34)16-10-12-17(27)13-11-16)30-31-26(32)37-14-20(33)29-24-21(25(35)36-5-2)18-8-6-7-9-19(18)38-24/h10-13,15H,4-9,14H2,1-3H3,(H,28,34)(H,29,33)/t15-/m0/s1. The lowest BCUT2D eigenvalue weighted by molar-refractivity contribution is -0.113. The zero-order valence-electron chi connectivity index (χ0n) is 21.5. The van der Waals surface area contributed by atoms with Gasteiger partial charge in [-0.05, 0) is 76.3 Å². The number of ether oxygens (including phenoxy) is 1. The molecule has 0 saturated heterocycles. The number of esters is 1. The average molecular weight is 576 g/mol. The molecule has 1 aromatic carbocycles. The van der Waals surface area contributed by atoms with Crippen molar-refractivity contribution in [2.24, 2.45) is 0 Å². The fourth-order valence-electron chi connectivity index (χ4n) is 4.34. The number of carbonyl (C=O) groups is 3. The number of halogens is 1. The Labute approximate surface area is 234 Å². The van der Waals surface area contributed by atoms with Gasteiger partial charge >= 0.3 is 5.97 Å². The number of hydrogen-bond acceptors (Lipinski definition) is 8. The molecule has 38 heavy (non-hydrogen) atoms. The van der Waals surface area contributed by atoms with E-state index >= 15 is 0 Å². The highest BCUT2D eigenvalue weighted by Gasteiger charge is 2.27. The van der Waals surface area contributed by atoms with Crippen LogP contribution in [0.1, 0.15) is 76.6 Å². The minimum atomic E-state index is -0.404. The number of hydrogen-bond donors (Lipinski definition) is 2. The van der Waals surface area contributed by atoms with Gasteiger partial charge in [-0.3, -0.25) is 9.59 Å². The van der Waals surface area contributed by atoms with E-state index in [1.54, 1.807) is 31.2 Å². The number of nitrogens with one attached hydrogen (secondary N) is 2. The van der Waals surface area contributed by atoms with Gasteiger partial charge in [0.25, 0.3) is 5.91 Å². The van der Waals surface area contributed by atoms with Gasteiger partial charge in [-0.25, -0.2) is 4.79 Å². The van der Waals surface area contributed by atoms with Gasteiger partial charge in [0.05, 0.1) is 24.0 Å². The number of anilines is 1. The molecule has 2 aromatic heterocycles. The second kappa shape index (κ2) is 12.8. The molecule has 9 nitrogen and oxygen atoms in total. The highest BCUT2D eigenvalue weighted by atomic mass is 35.5. The van der Waals surface area contributed by atoms with Gasteiger partial charge < -0.3 is 19.9 Å². The van der Waals surface area contributed by atoms with Crippen molar-refractivity contribution in [1.29, 1.82) is 0 Å². The van der Waals surface area contributed by atoms with Crippen LogP contribution in [0.4, 0.5) is 5.00 Å². The molecule has 2 amide bonds. The van der Waals surface area contributed by atoms with E-state index in [9.17, 15) is 14.4 Å². The van der Waals surface area contributed by atoms with E-state index in [2.05, 4.69) is 20.8 Å². The average Bonchev–Trinajstić information content (AvgIpc) is 3.48. The quantitative estimate of drug-likeness (QED) is 0.249. The highest BCUT2D eigenvalue weighted by molar-refractivity contribution is 7.99. The largest absolute Gasteiger partial charge is 0.462 e. The number of thiophene rings is 1. The first-order valence-corrected chi connectivity index (χ1v) is 14.7. The Bertz CT molecular complexity index is 1320. The number of benzene rings is 1. The van der Waals surface area contributed by atoms with Gasteiger partial charge in [0.15, 0.2) is 11.0 Å². The Balaban J connectivity index is 1.41. The molecule has 0 unspecified atom stereocenters. The summed E-state index contributed by atoms with van der Waals surface area (Å²) in [7, 11) is 0. The zero-order chi connectivity index (χ0) is 27.2. The lowest BCUT2D eigenvalue weighted by Gasteiger charge is -2.15. The maximum Gasteiger partial charge on any atom is 0.341 e. The van der Waals surface area contributed by atoms with Crippen LogP contribution in [0, 0.1) is 0 Å².